The lowest BCUT2D eigenvalue weighted by Crippen LogP contribution is -2.62. The summed E-state index contributed by atoms with van der Waals surface area (Å²) in [5, 5.41) is 14.5. The van der Waals surface area contributed by atoms with E-state index in [1.165, 1.54) is 5.56 Å². The van der Waals surface area contributed by atoms with Crippen LogP contribution >= 0.6 is 11.3 Å². The molecule has 2 fully saturated rings. The third kappa shape index (κ3) is 2.47. The highest BCUT2D eigenvalue weighted by Crippen LogP contribution is 2.51. The minimum atomic E-state index is -0.146. The number of likely N-dealkylation sites (tertiary alicyclic amines) is 1. The first-order chi connectivity index (χ1) is 9.24. The van der Waals surface area contributed by atoms with Crippen molar-refractivity contribution in [2.75, 3.05) is 19.7 Å². The molecule has 0 aromatic carbocycles. The largest absolute Gasteiger partial charge is 0.392 e. The van der Waals surface area contributed by atoms with Crippen LogP contribution in [0.1, 0.15) is 31.7 Å². The van der Waals surface area contributed by atoms with E-state index in [4.69, 9.17) is 4.74 Å². The second kappa shape index (κ2) is 5.52. The SMILES string of the molecule is CCOC1CC(O)C12CCN(Cc1ccsc1)CC2. The molecule has 1 saturated carbocycles. The van der Waals surface area contributed by atoms with Crippen LogP contribution in [0.25, 0.3) is 0 Å². The predicted octanol–water partition coefficient (Wildman–Crippen LogP) is 2.50. The Morgan fingerprint density at radius 3 is 2.84 bits per heavy atom. The maximum Gasteiger partial charge on any atom is 0.0681 e. The van der Waals surface area contributed by atoms with Crippen LogP contribution in [0, 0.1) is 5.41 Å². The monoisotopic (exact) mass is 281 g/mol. The Hall–Kier alpha value is -0.420. The molecular weight excluding hydrogens is 258 g/mol. The van der Waals surface area contributed by atoms with E-state index in [0.29, 0.717) is 0 Å². The molecule has 4 heteroatoms. The normalized spacial score (nSPS) is 30.4. The molecule has 1 aromatic rings. The number of nitrogens with zero attached hydrogens (tertiary/aromatic N) is 1. The van der Waals surface area contributed by atoms with Gasteiger partial charge in [-0.25, -0.2) is 0 Å². The lowest BCUT2D eigenvalue weighted by atomic mass is 9.58. The highest BCUT2D eigenvalue weighted by Gasteiger charge is 2.55. The van der Waals surface area contributed by atoms with Crippen molar-refractivity contribution in [1.82, 2.24) is 4.90 Å². The van der Waals surface area contributed by atoms with Gasteiger partial charge in [-0.2, -0.15) is 11.3 Å². The zero-order chi connectivity index (χ0) is 13.3. The zero-order valence-corrected chi connectivity index (χ0v) is 12.4. The molecule has 3 rings (SSSR count). The van der Waals surface area contributed by atoms with Gasteiger partial charge in [-0.3, -0.25) is 4.90 Å². The summed E-state index contributed by atoms with van der Waals surface area (Å²) in [6, 6.07) is 2.20. The number of hydrogen-bond acceptors (Lipinski definition) is 4. The molecule has 2 aliphatic rings. The first-order valence-electron chi connectivity index (χ1n) is 7.27. The van der Waals surface area contributed by atoms with E-state index in [1.807, 2.05) is 6.92 Å². The van der Waals surface area contributed by atoms with Gasteiger partial charge in [0.05, 0.1) is 12.2 Å². The minimum Gasteiger partial charge on any atom is -0.392 e. The third-order valence-electron chi connectivity index (χ3n) is 4.88. The van der Waals surface area contributed by atoms with Crippen molar-refractivity contribution in [2.24, 2.45) is 5.41 Å². The van der Waals surface area contributed by atoms with E-state index in [-0.39, 0.29) is 17.6 Å². The van der Waals surface area contributed by atoms with Crippen LogP contribution in [0.4, 0.5) is 0 Å². The van der Waals surface area contributed by atoms with Crippen molar-refractivity contribution in [3.63, 3.8) is 0 Å². The molecule has 1 saturated heterocycles. The molecule has 0 radical (unpaired) electrons. The molecular formula is C15H23NO2S. The highest BCUT2D eigenvalue weighted by atomic mass is 32.1. The van der Waals surface area contributed by atoms with Gasteiger partial charge in [0, 0.05) is 25.0 Å². The number of piperidine rings is 1. The van der Waals surface area contributed by atoms with Crippen LogP contribution in [0.5, 0.6) is 0 Å². The molecule has 0 bridgehead atoms. The van der Waals surface area contributed by atoms with Gasteiger partial charge in [-0.1, -0.05) is 0 Å². The van der Waals surface area contributed by atoms with Crippen molar-refractivity contribution in [3.05, 3.63) is 22.4 Å². The van der Waals surface area contributed by atoms with Gasteiger partial charge < -0.3 is 9.84 Å². The Balaban J connectivity index is 1.56. The van der Waals surface area contributed by atoms with Crippen LogP contribution in [-0.2, 0) is 11.3 Å². The zero-order valence-electron chi connectivity index (χ0n) is 11.5. The summed E-state index contributed by atoms with van der Waals surface area (Å²) in [6.45, 7) is 6.02. The van der Waals surface area contributed by atoms with E-state index in [2.05, 4.69) is 21.7 Å². The molecule has 1 aliphatic carbocycles. The second-order valence-corrected chi connectivity index (χ2v) is 6.62. The number of thiophene rings is 1. The number of hydrogen-bond donors (Lipinski definition) is 1. The van der Waals surface area contributed by atoms with Crippen LogP contribution in [0.2, 0.25) is 0 Å². The fourth-order valence-corrected chi connectivity index (χ4v) is 4.24. The Morgan fingerprint density at radius 1 is 1.47 bits per heavy atom. The van der Waals surface area contributed by atoms with Crippen molar-refractivity contribution >= 4 is 11.3 Å². The molecule has 1 spiro atoms. The average Bonchev–Trinajstić information content (AvgIpc) is 2.92. The summed E-state index contributed by atoms with van der Waals surface area (Å²) in [7, 11) is 0. The fourth-order valence-electron chi connectivity index (χ4n) is 3.58. The van der Waals surface area contributed by atoms with Crippen molar-refractivity contribution in [1.29, 1.82) is 0 Å². The summed E-state index contributed by atoms with van der Waals surface area (Å²) >= 11 is 1.76. The van der Waals surface area contributed by atoms with Gasteiger partial charge in [0.2, 0.25) is 0 Å². The topological polar surface area (TPSA) is 32.7 Å². The number of ether oxygens (including phenoxy) is 1. The predicted molar refractivity (Wildman–Crippen MR) is 77.3 cm³/mol. The Morgan fingerprint density at radius 2 is 2.26 bits per heavy atom. The maximum atomic E-state index is 10.2. The summed E-state index contributed by atoms with van der Waals surface area (Å²) in [4.78, 5) is 2.50. The fraction of sp³-hybridized carbons (Fsp3) is 0.733. The summed E-state index contributed by atoms with van der Waals surface area (Å²) in [5.74, 6) is 0. The highest BCUT2D eigenvalue weighted by molar-refractivity contribution is 7.07. The van der Waals surface area contributed by atoms with Crippen molar-refractivity contribution in [3.8, 4) is 0 Å². The molecule has 1 N–H and O–H groups in total. The summed E-state index contributed by atoms with van der Waals surface area (Å²) < 4.78 is 5.81. The minimum absolute atomic E-state index is 0.0567. The first kappa shape index (κ1) is 13.6. The quantitative estimate of drug-likeness (QED) is 0.920. The Labute approximate surface area is 119 Å². The Kier molecular flexibility index (Phi) is 3.94. The number of aliphatic hydroxyl groups excluding tert-OH is 1. The van der Waals surface area contributed by atoms with Gasteiger partial charge in [-0.15, -0.1) is 0 Å². The summed E-state index contributed by atoms with van der Waals surface area (Å²) in [5.41, 5.74) is 1.47. The third-order valence-corrected chi connectivity index (χ3v) is 5.62. The van der Waals surface area contributed by atoms with Gasteiger partial charge in [0.15, 0.2) is 0 Å². The van der Waals surface area contributed by atoms with Crippen LogP contribution in [0.3, 0.4) is 0 Å². The molecule has 2 heterocycles. The van der Waals surface area contributed by atoms with E-state index < -0.39 is 0 Å². The van der Waals surface area contributed by atoms with Gasteiger partial charge in [0.25, 0.3) is 0 Å². The van der Waals surface area contributed by atoms with Crippen molar-refractivity contribution in [2.45, 2.75) is 44.9 Å². The Bertz CT molecular complexity index is 396. The van der Waals surface area contributed by atoms with E-state index in [0.717, 1.165) is 45.5 Å². The molecule has 1 aromatic heterocycles. The molecule has 106 valence electrons. The van der Waals surface area contributed by atoms with Gasteiger partial charge >= 0.3 is 0 Å². The van der Waals surface area contributed by atoms with Crippen molar-refractivity contribution < 1.29 is 9.84 Å². The molecule has 2 atom stereocenters. The van der Waals surface area contributed by atoms with Crippen LogP contribution < -0.4 is 0 Å². The molecule has 3 nitrogen and oxygen atoms in total. The van der Waals surface area contributed by atoms with E-state index >= 15 is 0 Å². The standard InChI is InChI=1S/C15H23NO2S/c1-2-18-14-9-13(17)15(14)4-6-16(7-5-15)10-12-3-8-19-11-12/h3,8,11,13-14,17H,2,4-7,9-10H2,1H3. The average molecular weight is 281 g/mol. The van der Waals surface area contributed by atoms with Crippen LogP contribution in [0.15, 0.2) is 16.8 Å². The van der Waals surface area contributed by atoms with E-state index in [9.17, 15) is 5.11 Å². The second-order valence-electron chi connectivity index (χ2n) is 5.84. The maximum absolute atomic E-state index is 10.2. The number of aliphatic hydroxyl groups is 1. The lowest BCUT2D eigenvalue weighted by Gasteiger charge is -2.56. The molecule has 19 heavy (non-hydrogen) atoms. The van der Waals surface area contributed by atoms with E-state index in [1.54, 1.807) is 11.3 Å². The molecule has 0 amide bonds. The molecule has 1 aliphatic heterocycles. The molecule has 2 unspecified atom stereocenters. The summed E-state index contributed by atoms with van der Waals surface area (Å²) in [6.07, 6.45) is 3.12. The first-order valence-corrected chi connectivity index (χ1v) is 8.22. The number of rotatable bonds is 4. The lowest BCUT2D eigenvalue weighted by molar-refractivity contribution is -0.209. The smallest absolute Gasteiger partial charge is 0.0681 e. The van der Waals surface area contributed by atoms with Crippen LogP contribution in [-0.4, -0.2) is 41.9 Å². The van der Waals surface area contributed by atoms with Gasteiger partial charge in [0.1, 0.15) is 0 Å². The van der Waals surface area contributed by atoms with Gasteiger partial charge in [-0.05, 0) is 55.2 Å².